The zero-order valence-electron chi connectivity index (χ0n) is 9.64. The highest BCUT2D eigenvalue weighted by Gasteiger charge is 2.17. The Morgan fingerprint density at radius 2 is 2.18 bits per heavy atom. The van der Waals surface area contributed by atoms with E-state index >= 15 is 0 Å². The van der Waals surface area contributed by atoms with Gasteiger partial charge in [0.05, 0.1) is 9.85 Å². The number of rotatable bonds is 4. The average Bonchev–Trinajstić information content (AvgIpc) is 2.29. The number of nitrogens with one attached hydrogen (secondary N) is 1. The van der Waals surface area contributed by atoms with Crippen molar-refractivity contribution in [3.8, 4) is 0 Å². The molecule has 1 atom stereocenters. The maximum atomic E-state index is 12.9. The van der Waals surface area contributed by atoms with Crippen LogP contribution in [-0.2, 0) is 11.3 Å². The van der Waals surface area contributed by atoms with E-state index in [1.54, 1.807) is 6.07 Å². The van der Waals surface area contributed by atoms with Crippen LogP contribution in [0.3, 0.4) is 0 Å². The van der Waals surface area contributed by atoms with Crippen molar-refractivity contribution in [2.75, 3.05) is 0 Å². The van der Waals surface area contributed by atoms with Gasteiger partial charge in [0, 0.05) is 6.54 Å². The summed E-state index contributed by atoms with van der Waals surface area (Å²) >= 11 is 8.95. The Bertz CT molecular complexity index is 411. The molecule has 2 nitrogen and oxygen atoms in total. The summed E-state index contributed by atoms with van der Waals surface area (Å²) in [6, 6.07) is 4.40. The minimum absolute atomic E-state index is 0.0657. The normalized spacial score (nSPS) is 12.6. The van der Waals surface area contributed by atoms with Crippen molar-refractivity contribution in [2.45, 2.75) is 25.2 Å². The van der Waals surface area contributed by atoms with E-state index in [0.717, 1.165) is 5.56 Å². The van der Waals surface area contributed by atoms with Gasteiger partial charge in [-0.15, -0.1) is 0 Å². The third-order valence-corrected chi connectivity index (χ3v) is 4.05. The average molecular weight is 323 g/mol. The second-order valence-corrected chi connectivity index (χ2v) is 5.51. The molecule has 17 heavy (non-hydrogen) atoms. The van der Waals surface area contributed by atoms with Crippen LogP contribution in [0.1, 0.15) is 19.4 Å². The Hall–Kier alpha value is -0.610. The fraction of sp³-hybridized carbons (Fsp3) is 0.417. The van der Waals surface area contributed by atoms with Crippen molar-refractivity contribution >= 4 is 33.4 Å². The molecular weight excluding hydrogens is 308 g/mol. The number of amides is 1. The van der Waals surface area contributed by atoms with E-state index in [1.165, 1.54) is 12.1 Å². The molecule has 0 aliphatic rings. The van der Waals surface area contributed by atoms with Crippen LogP contribution in [0.25, 0.3) is 0 Å². The molecule has 1 amide bonds. The Balaban J connectivity index is 2.56. The van der Waals surface area contributed by atoms with Crippen LogP contribution in [0.2, 0.25) is 5.02 Å². The molecule has 1 rings (SSSR count). The number of hydrogen-bond acceptors (Lipinski definition) is 1. The number of alkyl halides is 1. The van der Waals surface area contributed by atoms with Gasteiger partial charge in [0.25, 0.3) is 0 Å². The van der Waals surface area contributed by atoms with E-state index in [9.17, 15) is 9.18 Å². The topological polar surface area (TPSA) is 29.1 Å². The smallest absolute Gasteiger partial charge is 0.234 e. The van der Waals surface area contributed by atoms with Crippen LogP contribution >= 0.6 is 27.5 Å². The molecule has 0 saturated carbocycles. The van der Waals surface area contributed by atoms with Crippen molar-refractivity contribution in [3.05, 3.63) is 34.6 Å². The van der Waals surface area contributed by atoms with Crippen LogP contribution in [-0.4, -0.2) is 10.7 Å². The SMILES string of the molecule is CC(C)C(Br)C(=O)NCc1ccc(F)c(Cl)c1. The molecule has 0 spiro atoms. The summed E-state index contributed by atoms with van der Waals surface area (Å²) in [5, 5.41) is 2.83. The lowest BCUT2D eigenvalue weighted by Gasteiger charge is -2.13. The molecule has 0 fully saturated rings. The van der Waals surface area contributed by atoms with Crippen molar-refractivity contribution in [3.63, 3.8) is 0 Å². The molecule has 1 unspecified atom stereocenters. The second kappa shape index (κ2) is 6.36. The molecule has 0 aliphatic heterocycles. The lowest BCUT2D eigenvalue weighted by Crippen LogP contribution is -2.33. The molecular formula is C12H14BrClFNO. The van der Waals surface area contributed by atoms with Gasteiger partial charge in [-0.05, 0) is 23.6 Å². The fourth-order valence-electron chi connectivity index (χ4n) is 1.24. The number of hydrogen-bond donors (Lipinski definition) is 1. The number of carbonyl (C=O) groups excluding carboxylic acids is 1. The number of benzene rings is 1. The molecule has 1 aromatic carbocycles. The summed E-state index contributed by atoms with van der Waals surface area (Å²) in [5.74, 6) is -0.324. The molecule has 5 heteroatoms. The minimum Gasteiger partial charge on any atom is -0.351 e. The van der Waals surface area contributed by atoms with Crippen LogP contribution in [0, 0.1) is 11.7 Å². The first kappa shape index (κ1) is 14.5. The Labute approximate surface area is 114 Å². The highest BCUT2D eigenvalue weighted by atomic mass is 79.9. The van der Waals surface area contributed by atoms with Gasteiger partial charge in [-0.25, -0.2) is 4.39 Å². The summed E-state index contributed by atoms with van der Waals surface area (Å²) in [4.78, 5) is 11.4. The van der Waals surface area contributed by atoms with E-state index in [1.807, 2.05) is 13.8 Å². The first-order chi connectivity index (χ1) is 7.91. The van der Waals surface area contributed by atoms with Crippen LogP contribution < -0.4 is 5.32 Å². The molecule has 1 N–H and O–H groups in total. The van der Waals surface area contributed by atoms with Gasteiger partial charge >= 0.3 is 0 Å². The first-order valence-corrected chi connectivity index (χ1v) is 6.57. The highest BCUT2D eigenvalue weighted by Crippen LogP contribution is 2.16. The molecule has 0 bridgehead atoms. The van der Waals surface area contributed by atoms with Crippen molar-refractivity contribution < 1.29 is 9.18 Å². The molecule has 0 aromatic heterocycles. The Kier molecular flexibility index (Phi) is 5.40. The van der Waals surface area contributed by atoms with Gasteiger partial charge in [-0.2, -0.15) is 0 Å². The van der Waals surface area contributed by atoms with E-state index in [0.29, 0.717) is 6.54 Å². The van der Waals surface area contributed by atoms with Crippen LogP contribution in [0.15, 0.2) is 18.2 Å². The van der Waals surface area contributed by atoms with Gasteiger partial charge < -0.3 is 5.32 Å². The van der Waals surface area contributed by atoms with E-state index in [-0.39, 0.29) is 21.7 Å². The minimum atomic E-state index is -0.456. The predicted octanol–water partition coefficient (Wildman–Crippen LogP) is 3.51. The molecule has 0 saturated heterocycles. The molecule has 1 aromatic rings. The summed E-state index contributed by atoms with van der Waals surface area (Å²) in [6.45, 7) is 4.25. The van der Waals surface area contributed by atoms with E-state index in [4.69, 9.17) is 11.6 Å². The van der Waals surface area contributed by atoms with Crippen molar-refractivity contribution in [1.82, 2.24) is 5.32 Å². The fourth-order valence-corrected chi connectivity index (χ4v) is 1.60. The molecule has 0 aliphatic carbocycles. The number of halogens is 3. The maximum absolute atomic E-state index is 12.9. The second-order valence-electron chi connectivity index (χ2n) is 4.11. The largest absolute Gasteiger partial charge is 0.351 e. The summed E-state index contributed by atoms with van der Waals surface area (Å²) in [5.41, 5.74) is 0.771. The maximum Gasteiger partial charge on any atom is 0.234 e. The van der Waals surface area contributed by atoms with Gasteiger partial charge in [0.2, 0.25) is 5.91 Å². The predicted molar refractivity (Wildman–Crippen MR) is 70.8 cm³/mol. The lowest BCUT2D eigenvalue weighted by molar-refractivity contribution is -0.121. The van der Waals surface area contributed by atoms with Gasteiger partial charge in [-0.3, -0.25) is 4.79 Å². The molecule has 94 valence electrons. The summed E-state index contributed by atoms with van der Waals surface area (Å²) in [6.07, 6.45) is 0. The van der Waals surface area contributed by atoms with Crippen LogP contribution in [0.5, 0.6) is 0 Å². The molecule has 0 radical (unpaired) electrons. The Morgan fingerprint density at radius 1 is 1.53 bits per heavy atom. The third kappa shape index (κ3) is 4.28. The van der Waals surface area contributed by atoms with Crippen molar-refractivity contribution in [1.29, 1.82) is 0 Å². The monoisotopic (exact) mass is 321 g/mol. The standard InChI is InChI=1S/C12H14BrClFNO/c1-7(2)11(13)12(17)16-6-8-3-4-10(15)9(14)5-8/h3-5,7,11H,6H2,1-2H3,(H,16,17). The lowest BCUT2D eigenvalue weighted by atomic mass is 10.1. The van der Waals surface area contributed by atoms with Gasteiger partial charge in [0.15, 0.2) is 0 Å². The summed E-state index contributed by atoms with van der Waals surface area (Å²) in [7, 11) is 0. The molecule has 0 heterocycles. The zero-order valence-corrected chi connectivity index (χ0v) is 12.0. The van der Waals surface area contributed by atoms with Gasteiger partial charge in [-0.1, -0.05) is 47.4 Å². The summed E-state index contributed by atoms with van der Waals surface area (Å²) < 4.78 is 12.9. The quantitative estimate of drug-likeness (QED) is 0.844. The third-order valence-electron chi connectivity index (χ3n) is 2.29. The van der Waals surface area contributed by atoms with Gasteiger partial charge in [0.1, 0.15) is 5.82 Å². The van der Waals surface area contributed by atoms with E-state index < -0.39 is 5.82 Å². The number of carbonyl (C=O) groups is 1. The Morgan fingerprint density at radius 3 is 2.71 bits per heavy atom. The first-order valence-electron chi connectivity index (χ1n) is 5.27. The van der Waals surface area contributed by atoms with Crippen LogP contribution in [0.4, 0.5) is 4.39 Å². The highest BCUT2D eigenvalue weighted by molar-refractivity contribution is 9.10. The zero-order chi connectivity index (χ0) is 13.0. The van der Waals surface area contributed by atoms with Crippen molar-refractivity contribution in [2.24, 2.45) is 5.92 Å². The van der Waals surface area contributed by atoms with E-state index in [2.05, 4.69) is 21.2 Å².